The molecule has 6 heteroatoms. The molecule has 59 heavy (non-hydrogen) atoms. The van der Waals surface area contributed by atoms with Crippen LogP contribution in [0.2, 0.25) is 0 Å². The number of aryl methyl sites for hydroxylation is 4. The predicted molar refractivity (Wildman–Crippen MR) is 234 cm³/mol. The molecule has 0 bridgehead atoms. The summed E-state index contributed by atoms with van der Waals surface area (Å²) in [5, 5.41) is 1.75. The summed E-state index contributed by atoms with van der Waals surface area (Å²) in [5.74, 6) is 1.93. The summed E-state index contributed by atoms with van der Waals surface area (Å²) in [6, 6.07) is 41.3. The fourth-order valence-corrected chi connectivity index (χ4v) is 9.40. The van der Waals surface area contributed by atoms with Crippen LogP contribution in [0.3, 0.4) is 0 Å². The van der Waals surface area contributed by atoms with E-state index in [4.69, 9.17) is 9.47 Å². The fraction of sp³-hybridized carbons (Fsp3) is 0.208. The summed E-state index contributed by atoms with van der Waals surface area (Å²) in [7, 11) is 0. The Morgan fingerprint density at radius 3 is 2.08 bits per heavy atom. The number of alkyl halides is 3. The minimum atomic E-state index is -4.43. The molecule has 0 saturated carbocycles. The zero-order valence-electron chi connectivity index (χ0n) is 34.4. The highest BCUT2D eigenvalue weighted by Crippen LogP contribution is 2.61. The van der Waals surface area contributed by atoms with E-state index in [0.29, 0.717) is 33.9 Å². The molecule has 3 aliphatic heterocycles. The molecule has 7 aromatic carbocycles. The van der Waals surface area contributed by atoms with Gasteiger partial charge in [0.25, 0.3) is 0 Å². The molecule has 0 aromatic heterocycles. The number of nitrogens with zero attached hydrogens (tertiary/aromatic N) is 1. The lowest BCUT2D eigenvalue weighted by Gasteiger charge is -2.38. The monoisotopic (exact) mass is 785 g/mol. The standard InChI is InChI=1S/C43H32F3NO2.C10H14/c1-25-19-29(22-30(20-25)43(44,45)46)27-13-16-33-28(21-27)14-18-38-40(33)42(34-10-6-5-9-32(34)26(2)49-42)36-17-15-31(23-39(36)48-38)47-24-41(3,4)35-11-7-8-12-37(35)47;1-7-5-8(2)10(4)9(3)6-7/h5-23H,2,24H2,1,3-4H3;5-6H,1-4H3. The largest absolute Gasteiger partial charge is 0.473 e. The highest BCUT2D eigenvalue weighted by Gasteiger charge is 2.52. The first kappa shape index (κ1) is 38.3. The van der Waals surface area contributed by atoms with E-state index in [1.807, 2.05) is 48.5 Å². The van der Waals surface area contributed by atoms with Crippen LogP contribution in [-0.4, -0.2) is 6.54 Å². The maximum atomic E-state index is 13.7. The predicted octanol–water partition coefficient (Wildman–Crippen LogP) is 14.6. The average molecular weight is 786 g/mol. The van der Waals surface area contributed by atoms with Gasteiger partial charge in [0.2, 0.25) is 0 Å². The molecule has 1 spiro atoms. The van der Waals surface area contributed by atoms with Gasteiger partial charge in [-0.25, -0.2) is 0 Å². The Kier molecular flexibility index (Phi) is 8.86. The van der Waals surface area contributed by atoms with Crippen LogP contribution in [0.25, 0.3) is 27.7 Å². The molecule has 0 N–H and O–H groups in total. The van der Waals surface area contributed by atoms with E-state index in [2.05, 4.69) is 114 Å². The van der Waals surface area contributed by atoms with E-state index in [0.717, 1.165) is 45.3 Å². The molecule has 0 radical (unpaired) electrons. The van der Waals surface area contributed by atoms with Crippen LogP contribution in [0.1, 0.15) is 75.0 Å². The van der Waals surface area contributed by atoms with Gasteiger partial charge in [-0.1, -0.05) is 105 Å². The molecule has 7 aromatic rings. The second-order valence-electron chi connectivity index (χ2n) is 17.0. The summed E-state index contributed by atoms with van der Waals surface area (Å²) in [6.07, 6.45) is -4.43. The fourth-order valence-electron chi connectivity index (χ4n) is 9.40. The third-order valence-corrected chi connectivity index (χ3v) is 12.4. The van der Waals surface area contributed by atoms with Crippen molar-refractivity contribution in [3.05, 3.63) is 195 Å². The number of hydrogen-bond donors (Lipinski definition) is 0. The third-order valence-electron chi connectivity index (χ3n) is 12.4. The van der Waals surface area contributed by atoms with Crippen molar-refractivity contribution in [1.29, 1.82) is 0 Å². The summed E-state index contributed by atoms with van der Waals surface area (Å²) >= 11 is 0. The maximum absolute atomic E-state index is 13.7. The van der Waals surface area contributed by atoms with E-state index in [9.17, 15) is 13.2 Å². The Morgan fingerprint density at radius 1 is 0.644 bits per heavy atom. The van der Waals surface area contributed by atoms with Gasteiger partial charge in [-0.05, 0) is 127 Å². The smallest absolute Gasteiger partial charge is 0.416 e. The van der Waals surface area contributed by atoms with E-state index < -0.39 is 17.3 Å². The van der Waals surface area contributed by atoms with Crippen molar-refractivity contribution in [2.45, 2.75) is 65.7 Å². The molecule has 0 amide bonds. The normalized spacial score (nSPS) is 17.1. The topological polar surface area (TPSA) is 21.7 Å². The second kappa shape index (κ2) is 13.7. The van der Waals surface area contributed by atoms with Crippen LogP contribution >= 0.6 is 0 Å². The first-order valence-corrected chi connectivity index (χ1v) is 20.0. The van der Waals surface area contributed by atoms with Crippen LogP contribution in [0.15, 0.2) is 134 Å². The van der Waals surface area contributed by atoms with E-state index in [1.165, 1.54) is 45.6 Å². The van der Waals surface area contributed by atoms with Crippen molar-refractivity contribution in [2.24, 2.45) is 0 Å². The van der Waals surface area contributed by atoms with Gasteiger partial charge in [0, 0.05) is 46.1 Å². The van der Waals surface area contributed by atoms with Crippen LogP contribution < -0.4 is 9.64 Å². The molecule has 1 unspecified atom stereocenters. The number of benzene rings is 7. The van der Waals surface area contributed by atoms with Crippen molar-refractivity contribution in [3.8, 4) is 22.6 Å². The molecular weight excluding hydrogens is 740 g/mol. The number of para-hydroxylation sites is 1. The Balaban J connectivity index is 0.000000396. The number of ether oxygens (including phenoxy) is 2. The van der Waals surface area contributed by atoms with Crippen molar-refractivity contribution in [2.75, 3.05) is 11.4 Å². The SMILES string of the molecule is C=C1OC2(c3ccc(N4CC(C)(C)c5ccccc54)cc3Oc3ccc4cc(-c5cc(C)cc(C(F)(F)F)c5)ccc4c32)c2ccccc21.Cc1cc(C)c(C)c(C)c1. The molecule has 0 fully saturated rings. The molecule has 10 rings (SSSR count). The minimum absolute atomic E-state index is 0.0169. The van der Waals surface area contributed by atoms with Gasteiger partial charge < -0.3 is 14.4 Å². The quantitative estimate of drug-likeness (QED) is 0.174. The van der Waals surface area contributed by atoms with Gasteiger partial charge >= 0.3 is 6.18 Å². The lowest BCUT2D eigenvalue weighted by Crippen LogP contribution is -2.32. The highest BCUT2D eigenvalue weighted by atomic mass is 19.4. The third kappa shape index (κ3) is 6.28. The van der Waals surface area contributed by atoms with Crippen LogP contribution in [0.5, 0.6) is 11.5 Å². The summed E-state index contributed by atoms with van der Waals surface area (Å²) < 4.78 is 54.9. The van der Waals surface area contributed by atoms with Gasteiger partial charge in [0.15, 0.2) is 5.60 Å². The Morgan fingerprint density at radius 2 is 1.34 bits per heavy atom. The first-order valence-electron chi connectivity index (χ1n) is 20.0. The highest BCUT2D eigenvalue weighted by molar-refractivity contribution is 5.95. The molecule has 1 atom stereocenters. The number of halogens is 3. The number of rotatable bonds is 2. The zero-order valence-corrected chi connectivity index (χ0v) is 34.4. The molecule has 3 aliphatic rings. The van der Waals surface area contributed by atoms with Gasteiger partial charge in [0.1, 0.15) is 17.3 Å². The average Bonchev–Trinajstić information content (AvgIpc) is 3.65. The number of anilines is 2. The molecule has 0 aliphatic carbocycles. The molecule has 3 nitrogen and oxygen atoms in total. The van der Waals surface area contributed by atoms with E-state index in [-0.39, 0.29) is 5.41 Å². The Hall–Kier alpha value is -6.27. The first-order chi connectivity index (χ1) is 28.0. The summed E-state index contributed by atoms with van der Waals surface area (Å²) in [5.41, 5.74) is 12.7. The minimum Gasteiger partial charge on any atom is -0.473 e. The lowest BCUT2D eigenvalue weighted by molar-refractivity contribution is -0.137. The van der Waals surface area contributed by atoms with Gasteiger partial charge in [-0.15, -0.1) is 0 Å². The van der Waals surface area contributed by atoms with E-state index >= 15 is 0 Å². The van der Waals surface area contributed by atoms with Crippen LogP contribution in [-0.2, 0) is 21.9 Å². The summed E-state index contributed by atoms with van der Waals surface area (Å²) in [6.45, 7) is 20.0. The van der Waals surface area contributed by atoms with Crippen molar-refractivity contribution >= 4 is 27.9 Å². The van der Waals surface area contributed by atoms with Crippen LogP contribution in [0, 0.1) is 34.6 Å². The van der Waals surface area contributed by atoms with Crippen molar-refractivity contribution in [1.82, 2.24) is 0 Å². The zero-order chi connectivity index (χ0) is 41.6. The second-order valence-corrected chi connectivity index (χ2v) is 17.0. The van der Waals surface area contributed by atoms with Crippen molar-refractivity contribution in [3.63, 3.8) is 0 Å². The maximum Gasteiger partial charge on any atom is 0.416 e. The van der Waals surface area contributed by atoms with Crippen molar-refractivity contribution < 1.29 is 22.6 Å². The van der Waals surface area contributed by atoms with Gasteiger partial charge in [-0.2, -0.15) is 13.2 Å². The molecule has 3 heterocycles. The van der Waals surface area contributed by atoms with Gasteiger partial charge in [0.05, 0.1) is 11.1 Å². The van der Waals surface area contributed by atoms with Crippen LogP contribution in [0.4, 0.5) is 24.5 Å². The molecular formula is C53H46F3NO2. The number of hydrogen-bond acceptors (Lipinski definition) is 3. The van der Waals surface area contributed by atoms with Gasteiger partial charge in [-0.3, -0.25) is 0 Å². The molecule has 296 valence electrons. The summed E-state index contributed by atoms with van der Waals surface area (Å²) in [4.78, 5) is 2.35. The Labute approximate surface area is 344 Å². The Bertz CT molecular complexity index is 2850. The van der Waals surface area contributed by atoms with E-state index in [1.54, 1.807) is 13.0 Å². The molecule has 0 saturated heterocycles. The lowest BCUT2D eigenvalue weighted by atomic mass is 9.75. The number of fused-ring (bicyclic) bond motifs is 9.